The van der Waals surface area contributed by atoms with Crippen molar-refractivity contribution in [2.24, 2.45) is 11.8 Å². The SMILES string of the molecule is CCCCCCCCCCCCCCCCCCCCCC(=O)OC[C@H](COC(=O)CCCCCCCCCCC(C)C)OC(=O)CCCCCCCCCCCCCCCCCCCCC(C)CC. The zero-order valence-corrected chi connectivity index (χ0v) is 48.2. The number of rotatable bonds is 58. The first-order chi connectivity index (χ1) is 34.3. The van der Waals surface area contributed by atoms with Crippen molar-refractivity contribution < 1.29 is 28.6 Å². The lowest BCUT2D eigenvalue weighted by atomic mass is 9.99. The van der Waals surface area contributed by atoms with Gasteiger partial charge >= 0.3 is 17.9 Å². The standard InChI is InChI=1S/C64H124O6/c1-6-8-9-10-11-12-13-14-15-16-17-21-24-27-30-33-39-44-49-54-62(65)68-57-61(58-69-63(66)55-50-45-40-36-35-37-42-47-52-59(3)4)70-64(67)56-51-46-41-34-31-28-25-22-19-18-20-23-26-29-32-38-43-48-53-60(5)7-2/h59-61H,6-58H2,1-5H3/t60?,61-/m1/s1. The number of carbonyl (C=O) groups is 3. The first kappa shape index (κ1) is 68.4. The smallest absolute Gasteiger partial charge is 0.306 e. The third-order valence-electron chi connectivity index (χ3n) is 15.1. The van der Waals surface area contributed by atoms with E-state index in [2.05, 4.69) is 34.6 Å². The molecule has 416 valence electrons. The van der Waals surface area contributed by atoms with Crippen LogP contribution in [0, 0.1) is 11.8 Å². The molecule has 0 aliphatic heterocycles. The van der Waals surface area contributed by atoms with Crippen molar-refractivity contribution in [2.75, 3.05) is 13.2 Å². The van der Waals surface area contributed by atoms with Crippen molar-refractivity contribution in [3.05, 3.63) is 0 Å². The zero-order valence-electron chi connectivity index (χ0n) is 48.2. The minimum Gasteiger partial charge on any atom is -0.462 e. The second-order valence-corrected chi connectivity index (χ2v) is 22.8. The van der Waals surface area contributed by atoms with Crippen molar-refractivity contribution in [1.82, 2.24) is 0 Å². The molecule has 0 aromatic heterocycles. The maximum atomic E-state index is 12.9. The molecule has 0 saturated heterocycles. The van der Waals surface area contributed by atoms with Crippen LogP contribution in [-0.2, 0) is 28.6 Å². The van der Waals surface area contributed by atoms with E-state index in [1.165, 1.54) is 250 Å². The predicted octanol–water partition coefficient (Wildman–Crippen LogP) is 21.2. The Morgan fingerprint density at radius 2 is 0.543 bits per heavy atom. The van der Waals surface area contributed by atoms with Crippen LogP contribution in [0.15, 0.2) is 0 Å². The van der Waals surface area contributed by atoms with Gasteiger partial charge in [-0.3, -0.25) is 14.4 Å². The van der Waals surface area contributed by atoms with Crippen LogP contribution in [0.4, 0.5) is 0 Å². The van der Waals surface area contributed by atoms with Gasteiger partial charge in [0, 0.05) is 19.3 Å². The van der Waals surface area contributed by atoms with Gasteiger partial charge in [0.2, 0.25) is 0 Å². The Bertz CT molecular complexity index is 1070. The zero-order chi connectivity index (χ0) is 51.1. The summed E-state index contributed by atoms with van der Waals surface area (Å²) in [7, 11) is 0. The highest BCUT2D eigenvalue weighted by molar-refractivity contribution is 5.71. The molecule has 0 heterocycles. The summed E-state index contributed by atoms with van der Waals surface area (Å²) in [5.41, 5.74) is 0. The number of hydrogen-bond acceptors (Lipinski definition) is 6. The quantitative estimate of drug-likeness (QED) is 0.0343. The molecule has 6 nitrogen and oxygen atoms in total. The average molecular weight is 990 g/mol. The molecule has 0 aliphatic rings. The van der Waals surface area contributed by atoms with E-state index in [-0.39, 0.29) is 31.1 Å². The van der Waals surface area contributed by atoms with Crippen LogP contribution in [-0.4, -0.2) is 37.2 Å². The number of ether oxygens (including phenoxy) is 3. The second-order valence-electron chi connectivity index (χ2n) is 22.8. The fourth-order valence-electron chi connectivity index (χ4n) is 9.90. The van der Waals surface area contributed by atoms with E-state index in [1.54, 1.807) is 0 Å². The third kappa shape index (κ3) is 55.7. The Hall–Kier alpha value is -1.59. The van der Waals surface area contributed by atoms with Crippen LogP contribution in [0.1, 0.15) is 362 Å². The Kier molecular flexibility index (Phi) is 55.4. The molecule has 0 aromatic carbocycles. The molecule has 0 fully saturated rings. The monoisotopic (exact) mass is 989 g/mol. The Labute approximate surface area is 438 Å². The van der Waals surface area contributed by atoms with Crippen LogP contribution in [0.2, 0.25) is 0 Å². The number of hydrogen-bond donors (Lipinski definition) is 0. The van der Waals surface area contributed by atoms with Crippen LogP contribution in [0.25, 0.3) is 0 Å². The van der Waals surface area contributed by atoms with Gasteiger partial charge in [-0.2, -0.15) is 0 Å². The van der Waals surface area contributed by atoms with E-state index < -0.39 is 6.10 Å². The number of carbonyl (C=O) groups excluding carboxylic acids is 3. The van der Waals surface area contributed by atoms with E-state index in [1.807, 2.05) is 0 Å². The van der Waals surface area contributed by atoms with E-state index >= 15 is 0 Å². The van der Waals surface area contributed by atoms with Crippen molar-refractivity contribution >= 4 is 17.9 Å². The van der Waals surface area contributed by atoms with Gasteiger partial charge in [-0.15, -0.1) is 0 Å². The number of esters is 3. The van der Waals surface area contributed by atoms with Gasteiger partial charge in [0.15, 0.2) is 6.10 Å². The number of unbranched alkanes of at least 4 members (excludes halogenated alkanes) is 42. The lowest BCUT2D eigenvalue weighted by Gasteiger charge is -2.18. The molecule has 0 spiro atoms. The van der Waals surface area contributed by atoms with E-state index in [0.717, 1.165) is 69.6 Å². The van der Waals surface area contributed by atoms with Gasteiger partial charge in [0.25, 0.3) is 0 Å². The van der Waals surface area contributed by atoms with Gasteiger partial charge in [0.1, 0.15) is 13.2 Å². The van der Waals surface area contributed by atoms with Crippen LogP contribution >= 0.6 is 0 Å². The third-order valence-corrected chi connectivity index (χ3v) is 15.1. The fourth-order valence-corrected chi connectivity index (χ4v) is 9.90. The van der Waals surface area contributed by atoms with Gasteiger partial charge in [0.05, 0.1) is 0 Å². The van der Waals surface area contributed by atoms with Crippen LogP contribution < -0.4 is 0 Å². The Morgan fingerprint density at radius 3 is 0.814 bits per heavy atom. The molecular formula is C64H124O6. The van der Waals surface area contributed by atoms with Crippen LogP contribution in [0.3, 0.4) is 0 Å². The maximum Gasteiger partial charge on any atom is 0.306 e. The summed E-state index contributed by atoms with van der Waals surface area (Å²) in [6, 6.07) is 0. The molecular weight excluding hydrogens is 865 g/mol. The first-order valence-corrected chi connectivity index (χ1v) is 31.8. The highest BCUT2D eigenvalue weighted by Gasteiger charge is 2.19. The summed E-state index contributed by atoms with van der Waals surface area (Å²) in [6.45, 7) is 11.4. The summed E-state index contributed by atoms with van der Waals surface area (Å²) >= 11 is 0. The molecule has 0 amide bonds. The maximum absolute atomic E-state index is 12.9. The molecule has 0 radical (unpaired) electrons. The largest absolute Gasteiger partial charge is 0.462 e. The average Bonchev–Trinajstić information content (AvgIpc) is 3.35. The Morgan fingerprint density at radius 1 is 0.300 bits per heavy atom. The predicted molar refractivity (Wildman–Crippen MR) is 303 cm³/mol. The first-order valence-electron chi connectivity index (χ1n) is 31.8. The molecule has 70 heavy (non-hydrogen) atoms. The highest BCUT2D eigenvalue weighted by atomic mass is 16.6. The summed E-state index contributed by atoms with van der Waals surface area (Å²) in [4.78, 5) is 38.2. The molecule has 0 rings (SSSR count). The van der Waals surface area contributed by atoms with Gasteiger partial charge < -0.3 is 14.2 Å². The highest BCUT2D eigenvalue weighted by Crippen LogP contribution is 2.19. The summed E-state index contributed by atoms with van der Waals surface area (Å²) in [5.74, 6) is 0.869. The van der Waals surface area contributed by atoms with E-state index in [4.69, 9.17) is 14.2 Å². The van der Waals surface area contributed by atoms with Crippen molar-refractivity contribution in [2.45, 2.75) is 368 Å². The second kappa shape index (κ2) is 56.7. The minimum atomic E-state index is -0.764. The summed E-state index contributed by atoms with van der Waals surface area (Å²) in [5, 5.41) is 0. The minimum absolute atomic E-state index is 0.0625. The lowest BCUT2D eigenvalue weighted by Crippen LogP contribution is -2.30. The van der Waals surface area contributed by atoms with E-state index in [9.17, 15) is 14.4 Å². The lowest BCUT2D eigenvalue weighted by molar-refractivity contribution is -0.167. The molecule has 0 saturated carbocycles. The van der Waals surface area contributed by atoms with Crippen molar-refractivity contribution in [3.8, 4) is 0 Å². The fraction of sp³-hybridized carbons (Fsp3) is 0.953. The molecule has 0 aliphatic carbocycles. The Balaban J connectivity index is 4.21. The molecule has 0 N–H and O–H groups in total. The molecule has 0 bridgehead atoms. The topological polar surface area (TPSA) is 78.9 Å². The summed E-state index contributed by atoms with van der Waals surface area (Å²) in [6.07, 6.45) is 62.5. The van der Waals surface area contributed by atoms with E-state index in [0.29, 0.717) is 19.3 Å². The van der Waals surface area contributed by atoms with Gasteiger partial charge in [-0.1, -0.05) is 324 Å². The molecule has 2 atom stereocenters. The van der Waals surface area contributed by atoms with Crippen molar-refractivity contribution in [1.29, 1.82) is 0 Å². The van der Waals surface area contributed by atoms with Gasteiger partial charge in [-0.25, -0.2) is 0 Å². The molecule has 0 aromatic rings. The van der Waals surface area contributed by atoms with Crippen LogP contribution in [0.5, 0.6) is 0 Å². The molecule has 1 unspecified atom stereocenters. The molecule has 6 heteroatoms. The van der Waals surface area contributed by atoms with Gasteiger partial charge in [-0.05, 0) is 31.1 Å². The summed E-state index contributed by atoms with van der Waals surface area (Å²) < 4.78 is 16.9. The van der Waals surface area contributed by atoms with Crippen molar-refractivity contribution in [3.63, 3.8) is 0 Å². The normalized spacial score (nSPS) is 12.4.